The Hall–Kier alpha value is -1.43. The van der Waals surface area contributed by atoms with Gasteiger partial charge in [-0.25, -0.2) is 9.37 Å². The Morgan fingerprint density at radius 2 is 1.96 bits per heavy atom. The molecule has 0 spiro atoms. The summed E-state index contributed by atoms with van der Waals surface area (Å²) in [7, 11) is 1.54. The highest BCUT2D eigenvalue weighted by molar-refractivity contribution is 14.0. The number of rotatable bonds is 6. The van der Waals surface area contributed by atoms with Gasteiger partial charge in [0.15, 0.2) is 5.96 Å². The first-order valence-electron chi connectivity index (χ1n) is 8.50. The molecular weight excluding hydrogens is 507 g/mol. The van der Waals surface area contributed by atoms with Crippen LogP contribution in [0.25, 0.3) is 0 Å². The van der Waals surface area contributed by atoms with E-state index in [4.69, 9.17) is 0 Å². The van der Waals surface area contributed by atoms with Gasteiger partial charge in [-0.05, 0) is 31.0 Å². The van der Waals surface area contributed by atoms with Crippen molar-refractivity contribution in [1.29, 1.82) is 0 Å². The second kappa shape index (κ2) is 10.9. The summed E-state index contributed by atoms with van der Waals surface area (Å²) in [6, 6.07) is 2.64. The first-order valence-corrected chi connectivity index (χ1v) is 9.31. The number of nitrogens with zero attached hydrogens (tertiary/aromatic N) is 2. The average Bonchev–Trinajstić information content (AvgIpc) is 2.97. The van der Waals surface area contributed by atoms with Crippen LogP contribution in [-0.2, 0) is 25.6 Å². The van der Waals surface area contributed by atoms with Gasteiger partial charge in [0.05, 0.1) is 16.3 Å². The van der Waals surface area contributed by atoms with Crippen LogP contribution in [0, 0.1) is 12.7 Å². The third kappa shape index (κ3) is 6.87. The van der Waals surface area contributed by atoms with Crippen molar-refractivity contribution in [3.63, 3.8) is 0 Å². The molecule has 2 aromatic rings. The van der Waals surface area contributed by atoms with Crippen LogP contribution in [-0.4, -0.2) is 24.5 Å². The van der Waals surface area contributed by atoms with E-state index in [1.54, 1.807) is 11.3 Å². The van der Waals surface area contributed by atoms with Gasteiger partial charge in [0.25, 0.3) is 0 Å². The third-order valence-corrected chi connectivity index (χ3v) is 5.02. The van der Waals surface area contributed by atoms with Crippen molar-refractivity contribution in [2.24, 2.45) is 4.99 Å². The molecule has 0 aliphatic rings. The minimum atomic E-state index is -4.62. The molecule has 0 aliphatic heterocycles. The summed E-state index contributed by atoms with van der Waals surface area (Å²) in [6.45, 7) is 4.52. The van der Waals surface area contributed by atoms with E-state index in [1.165, 1.54) is 11.9 Å². The summed E-state index contributed by atoms with van der Waals surface area (Å²) in [5, 5.41) is 6.89. The van der Waals surface area contributed by atoms with Crippen LogP contribution < -0.4 is 10.6 Å². The Bertz CT molecular complexity index is 805. The molecule has 4 nitrogen and oxygen atoms in total. The molecule has 0 aliphatic carbocycles. The maximum atomic E-state index is 13.2. The molecule has 0 saturated heterocycles. The van der Waals surface area contributed by atoms with E-state index in [0.29, 0.717) is 25.0 Å². The lowest BCUT2D eigenvalue weighted by Gasteiger charge is -2.15. The zero-order valence-corrected chi connectivity index (χ0v) is 18.9. The fourth-order valence-corrected chi connectivity index (χ4v) is 3.60. The van der Waals surface area contributed by atoms with Crippen molar-refractivity contribution in [1.82, 2.24) is 15.6 Å². The van der Waals surface area contributed by atoms with Crippen LogP contribution in [0.1, 0.15) is 33.6 Å². The highest BCUT2D eigenvalue weighted by Crippen LogP contribution is 2.32. The molecule has 1 aromatic carbocycles. The zero-order chi connectivity index (χ0) is 20.0. The lowest BCUT2D eigenvalue weighted by molar-refractivity contribution is -0.138. The highest BCUT2D eigenvalue weighted by Gasteiger charge is 2.33. The van der Waals surface area contributed by atoms with E-state index in [1.807, 2.05) is 6.92 Å². The summed E-state index contributed by atoms with van der Waals surface area (Å²) < 4.78 is 52.3. The Balaban J connectivity index is 0.00000392. The van der Waals surface area contributed by atoms with E-state index >= 15 is 0 Å². The number of hydrogen-bond donors (Lipinski definition) is 2. The largest absolute Gasteiger partial charge is 0.416 e. The first-order chi connectivity index (χ1) is 12.7. The van der Waals surface area contributed by atoms with E-state index < -0.39 is 17.6 Å². The van der Waals surface area contributed by atoms with Crippen molar-refractivity contribution < 1.29 is 17.6 Å². The zero-order valence-electron chi connectivity index (χ0n) is 15.8. The van der Waals surface area contributed by atoms with Gasteiger partial charge in [0.2, 0.25) is 0 Å². The Kier molecular flexibility index (Phi) is 9.61. The van der Waals surface area contributed by atoms with Crippen LogP contribution in [0.15, 0.2) is 23.2 Å². The monoisotopic (exact) mass is 530 g/mol. The van der Waals surface area contributed by atoms with Crippen LogP contribution in [0.4, 0.5) is 17.6 Å². The Labute approximate surface area is 182 Å². The van der Waals surface area contributed by atoms with E-state index in [-0.39, 0.29) is 36.1 Å². The van der Waals surface area contributed by atoms with Crippen LogP contribution in [0.2, 0.25) is 0 Å². The van der Waals surface area contributed by atoms with Crippen molar-refractivity contribution in [3.05, 3.63) is 50.7 Å². The van der Waals surface area contributed by atoms with Crippen molar-refractivity contribution in [2.45, 2.75) is 39.4 Å². The second-order valence-electron chi connectivity index (χ2n) is 5.87. The Morgan fingerprint density at radius 3 is 2.54 bits per heavy atom. The van der Waals surface area contributed by atoms with Gasteiger partial charge in [-0.3, -0.25) is 4.99 Å². The number of halogens is 5. The molecule has 0 saturated carbocycles. The normalized spacial score (nSPS) is 11.9. The molecule has 2 rings (SSSR count). The molecular formula is C18H23F4IN4S. The highest BCUT2D eigenvalue weighted by atomic mass is 127. The fourth-order valence-electron chi connectivity index (χ4n) is 2.58. The van der Waals surface area contributed by atoms with Gasteiger partial charge >= 0.3 is 6.18 Å². The molecule has 1 aromatic heterocycles. The number of benzene rings is 1. The quantitative estimate of drug-likeness (QED) is 0.247. The van der Waals surface area contributed by atoms with Crippen LogP contribution >= 0.6 is 35.3 Å². The number of aromatic nitrogens is 1. The molecule has 0 amide bonds. The van der Waals surface area contributed by atoms with Gasteiger partial charge in [-0.15, -0.1) is 35.3 Å². The standard InChI is InChI=1S/C18H22F4N4S.HI/c1-4-15-11(2)27-16(26-15)7-8-24-17(23-3)25-10-12-5-6-13(19)9-14(12)18(20,21)22;/h5-6,9H,4,7-8,10H2,1-3H3,(H2,23,24,25);1H. The first kappa shape index (κ1) is 24.6. The number of aryl methyl sites for hydroxylation is 2. The molecule has 10 heteroatoms. The second-order valence-corrected chi connectivity index (χ2v) is 7.15. The molecule has 0 radical (unpaired) electrons. The number of nitrogens with one attached hydrogen (secondary N) is 2. The van der Waals surface area contributed by atoms with E-state index in [9.17, 15) is 17.6 Å². The van der Waals surface area contributed by atoms with Crippen molar-refractivity contribution in [3.8, 4) is 0 Å². The number of aliphatic imine (C=N–C) groups is 1. The van der Waals surface area contributed by atoms with Gasteiger partial charge in [0, 0.05) is 31.4 Å². The molecule has 156 valence electrons. The summed E-state index contributed by atoms with van der Waals surface area (Å²) in [6.07, 6.45) is -3.04. The van der Waals surface area contributed by atoms with Crippen molar-refractivity contribution in [2.75, 3.05) is 13.6 Å². The van der Waals surface area contributed by atoms with Gasteiger partial charge < -0.3 is 10.6 Å². The van der Waals surface area contributed by atoms with E-state index in [0.717, 1.165) is 29.3 Å². The average molecular weight is 530 g/mol. The third-order valence-electron chi connectivity index (χ3n) is 3.95. The predicted molar refractivity (Wildman–Crippen MR) is 115 cm³/mol. The van der Waals surface area contributed by atoms with Gasteiger partial charge in [0.1, 0.15) is 5.82 Å². The maximum absolute atomic E-state index is 13.2. The minimum Gasteiger partial charge on any atom is -0.356 e. The SMILES string of the molecule is CCc1nc(CCNC(=NC)NCc2ccc(F)cc2C(F)(F)F)sc1C.I. The molecule has 2 N–H and O–H groups in total. The summed E-state index contributed by atoms with van der Waals surface area (Å²) >= 11 is 1.64. The lowest BCUT2D eigenvalue weighted by Crippen LogP contribution is -2.38. The molecule has 28 heavy (non-hydrogen) atoms. The molecule has 0 atom stereocenters. The Morgan fingerprint density at radius 1 is 1.25 bits per heavy atom. The van der Waals surface area contributed by atoms with Crippen LogP contribution in [0.3, 0.4) is 0 Å². The van der Waals surface area contributed by atoms with Crippen LogP contribution in [0.5, 0.6) is 0 Å². The summed E-state index contributed by atoms with van der Waals surface area (Å²) in [5.41, 5.74) is 0.0549. The number of guanidine groups is 1. The predicted octanol–water partition coefficient (Wildman–Crippen LogP) is 4.70. The molecule has 0 unspecified atom stereocenters. The van der Waals surface area contributed by atoms with E-state index in [2.05, 4.69) is 27.5 Å². The maximum Gasteiger partial charge on any atom is 0.416 e. The minimum absolute atomic E-state index is 0. The van der Waals surface area contributed by atoms with Gasteiger partial charge in [-0.2, -0.15) is 13.2 Å². The summed E-state index contributed by atoms with van der Waals surface area (Å²) in [4.78, 5) is 9.75. The number of thiazole rings is 1. The van der Waals surface area contributed by atoms with Crippen molar-refractivity contribution >= 4 is 41.3 Å². The lowest BCUT2D eigenvalue weighted by atomic mass is 10.1. The fraction of sp³-hybridized carbons (Fsp3) is 0.444. The summed E-state index contributed by atoms with van der Waals surface area (Å²) in [5.74, 6) is -0.546. The smallest absolute Gasteiger partial charge is 0.356 e. The number of hydrogen-bond acceptors (Lipinski definition) is 3. The molecule has 0 fully saturated rings. The van der Waals surface area contributed by atoms with Gasteiger partial charge in [-0.1, -0.05) is 13.0 Å². The molecule has 1 heterocycles. The molecule has 0 bridgehead atoms. The topological polar surface area (TPSA) is 49.3 Å². The number of alkyl halides is 3.